The van der Waals surface area contributed by atoms with Crippen molar-refractivity contribution in [2.75, 3.05) is 4.90 Å². The maximum Gasteiger partial charge on any atom is 0.0618 e. The number of hydrogen-bond donors (Lipinski definition) is 0. The summed E-state index contributed by atoms with van der Waals surface area (Å²) >= 11 is 1.88. The van der Waals surface area contributed by atoms with Gasteiger partial charge in [0, 0.05) is 42.7 Å². The van der Waals surface area contributed by atoms with Gasteiger partial charge in [0.05, 0.1) is 5.69 Å². The molecule has 300 valence electrons. The number of para-hydroxylation sites is 1. The van der Waals surface area contributed by atoms with E-state index in [1.54, 1.807) is 0 Å². The van der Waals surface area contributed by atoms with E-state index < -0.39 is 0 Å². The average Bonchev–Trinajstić information content (AvgIpc) is 3.76. The summed E-state index contributed by atoms with van der Waals surface area (Å²) in [6, 6.07) is 91.1. The summed E-state index contributed by atoms with van der Waals surface area (Å²) < 4.78 is 2.61. The molecule has 0 radical (unpaired) electrons. The molecule has 0 spiro atoms. The van der Waals surface area contributed by atoms with Crippen LogP contribution in [0.3, 0.4) is 0 Å². The van der Waals surface area contributed by atoms with Crippen molar-refractivity contribution in [1.29, 1.82) is 0 Å². The van der Waals surface area contributed by atoms with Gasteiger partial charge in [0.15, 0.2) is 0 Å². The van der Waals surface area contributed by atoms with E-state index >= 15 is 0 Å². The first-order chi connectivity index (χ1) is 31.8. The summed E-state index contributed by atoms with van der Waals surface area (Å²) in [6.45, 7) is 0. The standard InChI is InChI=1S/C62H41NS/c1-5-20-42(21-6-1)49-33-18-34-50(43-22-7-2-8-23-43)61(49)63(47-29-17-28-46(40-47)51-35-19-36-56-54-31-15-16-37-58(54)64-62(51)56)48-38-39-53-52-30-13-14-32-55(52)59(44-24-9-3-10-25-44)60(57(53)41-48)45-26-11-4-12-27-45/h1-41H. The van der Waals surface area contributed by atoms with Crippen LogP contribution in [0.5, 0.6) is 0 Å². The molecule has 0 bridgehead atoms. The van der Waals surface area contributed by atoms with Crippen molar-refractivity contribution in [3.05, 3.63) is 249 Å². The summed E-state index contributed by atoms with van der Waals surface area (Å²) in [5.74, 6) is 0. The Hall–Kier alpha value is -8.04. The molecule has 0 aliphatic heterocycles. The Labute approximate surface area is 377 Å². The second-order valence-corrected chi connectivity index (χ2v) is 17.4. The quantitative estimate of drug-likeness (QED) is 0.138. The summed E-state index contributed by atoms with van der Waals surface area (Å²) in [5, 5.41) is 7.51. The van der Waals surface area contributed by atoms with E-state index in [-0.39, 0.29) is 0 Å². The van der Waals surface area contributed by atoms with Crippen molar-refractivity contribution in [3.63, 3.8) is 0 Å². The Bertz CT molecular complexity index is 3590. The van der Waals surface area contributed by atoms with Gasteiger partial charge >= 0.3 is 0 Å². The van der Waals surface area contributed by atoms with Gasteiger partial charge in [-0.25, -0.2) is 0 Å². The molecule has 0 saturated carbocycles. The van der Waals surface area contributed by atoms with E-state index in [1.165, 1.54) is 75.1 Å². The largest absolute Gasteiger partial charge is 0.309 e. The summed E-state index contributed by atoms with van der Waals surface area (Å²) in [4.78, 5) is 2.52. The Balaban J connectivity index is 1.19. The molecule has 11 aromatic carbocycles. The van der Waals surface area contributed by atoms with Gasteiger partial charge in [0.2, 0.25) is 0 Å². The maximum absolute atomic E-state index is 2.52. The monoisotopic (exact) mass is 831 g/mol. The van der Waals surface area contributed by atoms with Gasteiger partial charge in [0.1, 0.15) is 0 Å². The number of fused-ring (bicyclic) bond motifs is 6. The lowest BCUT2D eigenvalue weighted by molar-refractivity contribution is 1.29. The molecule has 1 aromatic heterocycles. The molecule has 2 heteroatoms. The molecule has 12 aromatic rings. The van der Waals surface area contributed by atoms with Crippen molar-refractivity contribution in [2.45, 2.75) is 0 Å². The molecule has 0 aliphatic carbocycles. The highest BCUT2D eigenvalue weighted by atomic mass is 32.1. The van der Waals surface area contributed by atoms with Gasteiger partial charge in [-0.15, -0.1) is 11.3 Å². The van der Waals surface area contributed by atoms with Crippen molar-refractivity contribution in [1.82, 2.24) is 0 Å². The van der Waals surface area contributed by atoms with Crippen molar-refractivity contribution < 1.29 is 0 Å². The van der Waals surface area contributed by atoms with Crippen LogP contribution in [0.2, 0.25) is 0 Å². The molecule has 64 heavy (non-hydrogen) atoms. The first-order valence-corrected chi connectivity index (χ1v) is 22.7. The van der Waals surface area contributed by atoms with Crippen LogP contribution in [-0.4, -0.2) is 0 Å². The van der Waals surface area contributed by atoms with Gasteiger partial charge < -0.3 is 4.90 Å². The molecule has 0 aliphatic rings. The topological polar surface area (TPSA) is 3.24 Å². The summed E-state index contributed by atoms with van der Waals surface area (Å²) in [7, 11) is 0. The maximum atomic E-state index is 2.52. The molecule has 1 nitrogen and oxygen atoms in total. The lowest BCUT2D eigenvalue weighted by atomic mass is 9.84. The molecular weight excluding hydrogens is 791 g/mol. The van der Waals surface area contributed by atoms with Crippen LogP contribution in [0.25, 0.3) is 97.4 Å². The van der Waals surface area contributed by atoms with Gasteiger partial charge in [-0.05, 0) is 96.4 Å². The van der Waals surface area contributed by atoms with Gasteiger partial charge in [-0.1, -0.05) is 218 Å². The average molecular weight is 832 g/mol. The van der Waals surface area contributed by atoms with Crippen LogP contribution in [0, 0.1) is 0 Å². The second-order valence-electron chi connectivity index (χ2n) is 16.4. The third kappa shape index (κ3) is 6.47. The molecule has 0 atom stereocenters. The lowest BCUT2D eigenvalue weighted by Crippen LogP contribution is -2.13. The fourth-order valence-electron chi connectivity index (χ4n) is 9.81. The van der Waals surface area contributed by atoms with E-state index in [9.17, 15) is 0 Å². The van der Waals surface area contributed by atoms with E-state index in [1.807, 2.05) is 11.3 Å². The third-order valence-electron chi connectivity index (χ3n) is 12.6. The molecule has 12 rings (SSSR count). The second kappa shape index (κ2) is 16.0. The van der Waals surface area contributed by atoms with Crippen molar-refractivity contribution in [3.8, 4) is 55.6 Å². The molecule has 0 unspecified atom stereocenters. The van der Waals surface area contributed by atoms with Crippen LogP contribution in [0.1, 0.15) is 0 Å². The van der Waals surface area contributed by atoms with Crippen LogP contribution < -0.4 is 4.90 Å². The summed E-state index contributed by atoms with van der Waals surface area (Å²) in [5.41, 5.74) is 15.2. The molecule has 1 heterocycles. The first kappa shape index (κ1) is 37.7. The first-order valence-electron chi connectivity index (χ1n) is 21.9. The zero-order valence-electron chi connectivity index (χ0n) is 35.0. The van der Waals surface area contributed by atoms with Crippen LogP contribution in [0.4, 0.5) is 17.1 Å². The number of hydrogen-bond acceptors (Lipinski definition) is 2. The normalized spacial score (nSPS) is 11.4. The number of rotatable bonds is 8. The predicted molar refractivity (Wildman–Crippen MR) is 276 cm³/mol. The minimum Gasteiger partial charge on any atom is -0.309 e. The number of anilines is 3. The smallest absolute Gasteiger partial charge is 0.0618 e. The van der Waals surface area contributed by atoms with Crippen LogP contribution in [-0.2, 0) is 0 Å². The van der Waals surface area contributed by atoms with Crippen molar-refractivity contribution in [2.24, 2.45) is 0 Å². The minimum absolute atomic E-state index is 1.08. The zero-order chi connectivity index (χ0) is 42.4. The van der Waals surface area contributed by atoms with E-state index in [2.05, 4.69) is 254 Å². The highest BCUT2D eigenvalue weighted by Crippen LogP contribution is 2.51. The predicted octanol–water partition coefficient (Wildman–Crippen LogP) is 18.2. The van der Waals surface area contributed by atoms with E-state index in [4.69, 9.17) is 0 Å². The van der Waals surface area contributed by atoms with Gasteiger partial charge in [-0.2, -0.15) is 0 Å². The molecule has 0 saturated heterocycles. The number of nitrogens with zero attached hydrogens (tertiary/aromatic N) is 1. The van der Waals surface area contributed by atoms with Gasteiger partial charge in [0.25, 0.3) is 0 Å². The highest BCUT2D eigenvalue weighted by molar-refractivity contribution is 7.26. The fraction of sp³-hybridized carbons (Fsp3) is 0. The SMILES string of the molecule is c1ccc(-c2cccc(-c3ccccc3)c2N(c2cccc(-c3cccc4c3sc3ccccc34)c2)c2ccc3c(c2)c(-c2ccccc2)c(-c2ccccc2)c2ccccc23)cc1. The van der Waals surface area contributed by atoms with E-state index in [0.717, 1.165) is 39.3 Å². The summed E-state index contributed by atoms with van der Waals surface area (Å²) in [6.07, 6.45) is 0. The van der Waals surface area contributed by atoms with Crippen LogP contribution >= 0.6 is 11.3 Å². The molecule has 0 amide bonds. The van der Waals surface area contributed by atoms with E-state index in [0.29, 0.717) is 0 Å². The lowest BCUT2D eigenvalue weighted by Gasteiger charge is -2.31. The Morgan fingerprint density at radius 2 is 0.719 bits per heavy atom. The fourth-order valence-corrected chi connectivity index (χ4v) is 11.0. The Morgan fingerprint density at radius 3 is 1.38 bits per heavy atom. The molecule has 0 fully saturated rings. The van der Waals surface area contributed by atoms with Crippen LogP contribution in [0.15, 0.2) is 249 Å². The van der Waals surface area contributed by atoms with Crippen molar-refractivity contribution >= 4 is 70.1 Å². The minimum atomic E-state index is 1.08. The zero-order valence-corrected chi connectivity index (χ0v) is 35.8. The Kier molecular flexibility index (Phi) is 9.43. The third-order valence-corrected chi connectivity index (χ3v) is 13.9. The van der Waals surface area contributed by atoms with Gasteiger partial charge in [-0.3, -0.25) is 0 Å². The molecular formula is C62H41NS. The molecule has 0 N–H and O–H groups in total. The number of benzene rings is 11. The highest BCUT2D eigenvalue weighted by Gasteiger charge is 2.25. The number of thiophene rings is 1. The Morgan fingerprint density at radius 1 is 0.266 bits per heavy atom.